The number of halogens is 3. The second-order valence-corrected chi connectivity index (χ2v) is 4.98. The third-order valence-electron chi connectivity index (χ3n) is 3.13. The highest BCUT2D eigenvalue weighted by Gasteiger charge is 2.30. The lowest BCUT2D eigenvalue weighted by molar-refractivity contribution is -0.137. The van der Waals surface area contributed by atoms with Crippen molar-refractivity contribution in [3.05, 3.63) is 65.2 Å². The number of hydrogen-bond donors (Lipinski definition) is 2. The third kappa shape index (κ3) is 4.98. The molecular weight excluding hydrogens is 351 g/mol. The number of nitriles is 1. The van der Waals surface area contributed by atoms with E-state index in [9.17, 15) is 22.8 Å². The molecule has 2 aromatic rings. The van der Waals surface area contributed by atoms with Crippen LogP contribution in [0.1, 0.15) is 21.5 Å². The molecular formula is C17H12F3N3O3. The maximum absolute atomic E-state index is 12.6. The molecule has 6 nitrogen and oxygen atoms in total. The number of ether oxygens (including phenoxy) is 1. The van der Waals surface area contributed by atoms with Crippen molar-refractivity contribution in [3.8, 4) is 11.8 Å². The van der Waals surface area contributed by atoms with Crippen LogP contribution in [-0.4, -0.2) is 18.4 Å². The molecule has 0 aromatic heterocycles. The Bertz CT molecular complexity index is 860. The Balaban J connectivity index is 1.89. The van der Waals surface area contributed by atoms with E-state index in [1.807, 2.05) is 16.9 Å². The van der Waals surface area contributed by atoms with E-state index in [0.29, 0.717) is 6.07 Å². The van der Waals surface area contributed by atoms with E-state index in [1.165, 1.54) is 18.2 Å². The van der Waals surface area contributed by atoms with Gasteiger partial charge in [-0.05, 0) is 30.3 Å². The largest absolute Gasteiger partial charge is 0.482 e. The molecule has 0 aliphatic carbocycles. The molecule has 0 aliphatic rings. The minimum Gasteiger partial charge on any atom is -0.482 e. The fourth-order valence-corrected chi connectivity index (χ4v) is 1.90. The maximum atomic E-state index is 12.6. The Morgan fingerprint density at radius 2 is 1.81 bits per heavy atom. The second-order valence-electron chi connectivity index (χ2n) is 4.98. The number of para-hydroxylation sites is 1. The molecule has 134 valence electrons. The zero-order chi connectivity index (χ0) is 19.2. The number of benzene rings is 2. The summed E-state index contributed by atoms with van der Waals surface area (Å²) in [5.74, 6) is -1.48. The first kappa shape index (κ1) is 18.8. The normalized spacial score (nSPS) is 10.5. The Morgan fingerprint density at radius 3 is 2.50 bits per heavy atom. The number of nitrogens with one attached hydrogen (secondary N) is 2. The van der Waals surface area contributed by atoms with E-state index >= 15 is 0 Å². The predicted octanol–water partition coefficient (Wildman–Crippen LogP) is 2.42. The lowest BCUT2D eigenvalue weighted by atomic mass is 10.1. The number of amides is 2. The Hall–Kier alpha value is -3.54. The van der Waals surface area contributed by atoms with Crippen molar-refractivity contribution in [1.82, 2.24) is 10.9 Å². The van der Waals surface area contributed by atoms with Crippen LogP contribution in [0.15, 0.2) is 48.5 Å². The first-order valence-electron chi connectivity index (χ1n) is 7.19. The molecule has 0 atom stereocenters. The smallest absolute Gasteiger partial charge is 0.416 e. The van der Waals surface area contributed by atoms with Crippen molar-refractivity contribution in [2.75, 3.05) is 6.61 Å². The molecule has 0 heterocycles. The van der Waals surface area contributed by atoms with Crippen molar-refractivity contribution in [1.29, 1.82) is 5.26 Å². The van der Waals surface area contributed by atoms with Gasteiger partial charge in [0.15, 0.2) is 6.61 Å². The summed E-state index contributed by atoms with van der Waals surface area (Å²) in [7, 11) is 0. The van der Waals surface area contributed by atoms with Gasteiger partial charge in [0.2, 0.25) is 0 Å². The number of hydrogen-bond acceptors (Lipinski definition) is 4. The second kappa shape index (κ2) is 8.02. The number of carbonyl (C=O) groups is 2. The molecule has 0 aliphatic heterocycles. The fraction of sp³-hybridized carbons (Fsp3) is 0.118. The SMILES string of the molecule is N#Cc1ccccc1OCC(=O)NNC(=O)c1cccc(C(F)(F)F)c1. The highest BCUT2D eigenvalue weighted by molar-refractivity contribution is 5.95. The molecule has 2 N–H and O–H groups in total. The van der Waals surface area contributed by atoms with Crippen molar-refractivity contribution < 1.29 is 27.5 Å². The van der Waals surface area contributed by atoms with Crippen LogP contribution < -0.4 is 15.6 Å². The minimum atomic E-state index is -4.58. The molecule has 2 aromatic carbocycles. The molecule has 0 fully saturated rings. The van der Waals surface area contributed by atoms with Gasteiger partial charge in [-0.1, -0.05) is 18.2 Å². The number of rotatable bonds is 4. The zero-order valence-electron chi connectivity index (χ0n) is 13.1. The van der Waals surface area contributed by atoms with Crippen LogP contribution in [-0.2, 0) is 11.0 Å². The molecule has 2 amide bonds. The molecule has 0 saturated heterocycles. The summed E-state index contributed by atoms with van der Waals surface area (Å²) in [6, 6.07) is 11.9. The summed E-state index contributed by atoms with van der Waals surface area (Å²) >= 11 is 0. The standard InChI is InChI=1S/C17H12F3N3O3/c18-17(19,20)13-6-3-5-11(8-13)16(25)23-22-15(24)10-26-14-7-2-1-4-12(14)9-21/h1-8H,10H2,(H,22,24)(H,23,25). The van der Waals surface area contributed by atoms with E-state index in [-0.39, 0.29) is 16.9 Å². The number of hydrazine groups is 1. The highest BCUT2D eigenvalue weighted by Crippen LogP contribution is 2.29. The zero-order valence-corrected chi connectivity index (χ0v) is 13.1. The van der Waals surface area contributed by atoms with Gasteiger partial charge in [-0.15, -0.1) is 0 Å². The topological polar surface area (TPSA) is 91.2 Å². The van der Waals surface area contributed by atoms with Crippen LogP contribution >= 0.6 is 0 Å². The van der Waals surface area contributed by atoms with Gasteiger partial charge in [-0.2, -0.15) is 18.4 Å². The van der Waals surface area contributed by atoms with Crippen LogP contribution in [0.3, 0.4) is 0 Å². The van der Waals surface area contributed by atoms with Crippen molar-refractivity contribution in [2.24, 2.45) is 0 Å². The Kier molecular flexibility index (Phi) is 5.80. The first-order valence-corrected chi connectivity index (χ1v) is 7.19. The van der Waals surface area contributed by atoms with Crippen LogP contribution in [0.5, 0.6) is 5.75 Å². The van der Waals surface area contributed by atoms with E-state index in [2.05, 4.69) is 0 Å². The van der Waals surface area contributed by atoms with Crippen molar-refractivity contribution in [3.63, 3.8) is 0 Å². The van der Waals surface area contributed by atoms with Gasteiger partial charge in [-0.3, -0.25) is 20.4 Å². The Labute approximate surface area is 146 Å². The maximum Gasteiger partial charge on any atom is 0.416 e. The van der Waals surface area contributed by atoms with Gasteiger partial charge in [-0.25, -0.2) is 0 Å². The molecule has 2 rings (SSSR count). The molecule has 26 heavy (non-hydrogen) atoms. The highest BCUT2D eigenvalue weighted by atomic mass is 19.4. The quantitative estimate of drug-likeness (QED) is 0.816. The van der Waals surface area contributed by atoms with Gasteiger partial charge in [0.05, 0.1) is 11.1 Å². The summed E-state index contributed by atoms with van der Waals surface area (Å²) in [4.78, 5) is 23.5. The van der Waals surface area contributed by atoms with Crippen LogP contribution in [0, 0.1) is 11.3 Å². The number of alkyl halides is 3. The molecule has 9 heteroatoms. The average Bonchev–Trinajstić information content (AvgIpc) is 2.64. The summed E-state index contributed by atoms with van der Waals surface area (Å²) in [5, 5.41) is 8.90. The predicted molar refractivity (Wildman–Crippen MR) is 83.7 cm³/mol. The molecule has 0 bridgehead atoms. The lowest BCUT2D eigenvalue weighted by Gasteiger charge is -2.11. The van der Waals surface area contributed by atoms with E-state index in [1.54, 1.807) is 12.1 Å². The van der Waals surface area contributed by atoms with Gasteiger partial charge >= 0.3 is 6.18 Å². The van der Waals surface area contributed by atoms with E-state index in [4.69, 9.17) is 10.00 Å². The molecule has 0 radical (unpaired) electrons. The third-order valence-corrected chi connectivity index (χ3v) is 3.13. The monoisotopic (exact) mass is 363 g/mol. The average molecular weight is 363 g/mol. The Morgan fingerprint density at radius 1 is 1.08 bits per heavy atom. The summed E-state index contributed by atoms with van der Waals surface area (Å²) < 4.78 is 43.0. The molecule has 0 saturated carbocycles. The lowest BCUT2D eigenvalue weighted by Crippen LogP contribution is -2.43. The van der Waals surface area contributed by atoms with Gasteiger partial charge in [0, 0.05) is 5.56 Å². The summed E-state index contributed by atoms with van der Waals surface area (Å²) in [6.07, 6.45) is -4.58. The van der Waals surface area contributed by atoms with Gasteiger partial charge < -0.3 is 4.74 Å². The minimum absolute atomic E-state index is 0.189. The fourth-order valence-electron chi connectivity index (χ4n) is 1.90. The van der Waals surface area contributed by atoms with Crippen molar-refractivity contribution >= 4 is 11.8 Å². The van der Waals surface area contributed by atoms with Gasteiger partial charge in [0.1, 0.15) is 11.8 Å². The van der Waals surface area contributed by atoms with Gasteiger partial charge in [0.25, 0.3) is 11.8 Å². The molecule has 0 unspecified atom stereocenters. The van der Waals surface area contributed by atoms with Crippen LogP contribution in [0.4, 0.5) is 13.2 Å². The van der Waals surface area contributed by atoms with E-state index in [0.717, 1.165) is 12.1 Å². The van der Waals surface area contributed by atoms with E-state index < -0.39 is 30.2 Å². The first-order chi connectivity index (χ1) is 12.3. The summed E-state index contributed by atoms with van der Waals surface area (Å²) in [5.41, 5.74) is 2.99. The molecule has 0 spiro atoms. The number of nitrogens with zero attached hydrogens (tertiary/aromatic N) is 1. The summed E-state index contributed by atoms with van der Waals surface area (Å²) in [6.45, 7) is -0.498. The van der Waals surface area contributed by atoms with Crippen LogP contribution in [0.2, 0.25) is 0 Å². The number of carbonyl (C=O) groups excluding carboxylic acids is 2. The van der Waals surface area contributed by atoms with Crippen LogP contribution in [0.25, 0.3) is 0 Å². The van der Waals surface area contributed by atoms with Crippen molar-refractivity contribution in [2.45, 2.75) is 6.18 Å².